The Bertz CT molecular complexity index is 1220. The normalized spacial score (nSPS) is 15.0. The van der Waals surface area contributed by atoms with Crippen LogP contribution in [0.5, 0.6) is 0 Å². The molecule has 1 saturated heterocycles. The second-order valence-electron chi connectivity index (χ2n) is 8.04. The quantitative estimate of drug-likeness (QED) is 0.481. The molecule has 0 unspecified atom stereocenters. The van der Waals surface area contributed by atoms with E-state index in [1.165, 1.54) is 17.8 Å². The number of fused-ring (bicyclic) bond motifs is 1. The zero-order valence-corrected chi connectivity index (χ0v) is 17.6. The van der Waals surface area contributed by atoms with Crippen molar-refractivity contribution in [1.82, 2.24) is 30.2 Å². The van der Waals surface area contributed by atoms with E-state index in [9.17, 15) is 8.78 Å². The summed E-state index contributed by atoms with van der Waals surface area (Å²) in [6.07, 6.45) is 1.28. The molecule has 5 rings (SSSR count). The van der Waals surface area contributed by atoms with Crippen molar-refractivity contribution in [2.24, 2.45) is 0 Å². The van der Waals surface area contributed by atoms with Crippen molar-refractivity contribution < 1.29 is 8.78 Å². The van der Waals surface area contributed by atoms with Gasteiger partial charge in [-0.3, -0.25) is 14.9 Å². The molecule has 1 fully saturated rings. The van der Waals surface area contributed by atoms with E-state index in [0.29, 0.717) is 12.0 Å². The summed E-state index contributed by atoms with van der Waals surface area (Å²) >= 11 is 0. The highest BCUT2D eigenvalue weighted by atomic mass is 19.3. The zero-order valence-electron chi connectivity index (χ0n) is 17.6. The minimum absolute atomic E-state index is 0.223. The predicted molar refractivity (Wildman–Crippen MR) is 119 cm³/mol. The van der Waals surface area contributed by atoms with E-state index >= 15 is 0 Å². The fourth-order valence-corrected chi connectivity index (χ4v) is 4.10. The zero-order chi connectivity index (χ0) is 21.9. The summed E-state index contributed by atoms with van der Waals surface area (Å²) in [5, 5.41) is 3.38. The summed E-state index contributed by atoms with van der Waals surface area (Å²) in [5.41, 5.74) is 5.24. The van der Waals surface area contributed by atoms with Crippen LogP contribution in [0.1, 0.15) is 29.2 Å². The van der Waals surface area contributed by atoms with Crippen LogP contribution < -0.4 is 5.32 Å². The van der Waals surface area contributed by atoms with E-state index in [0.717, 1.165) is 60.8 Å². The Morgan fingerprint density at radius 1 is 0.938 bits per heavy atom. The Morgan fingerprint density at radius 2 is 1.75 bits per heavy atom. The lowest BCUT2D eigenvalue weighted by molar-refractivity contribution is 0.146. The van der Waals surface area contributed by atoms with Crippen LogP contribution in [0.15, 0.2) is 54.9 Å². The van der Waals surface area contributed by atoms with Crippen LogP contribution in [-0.2, 0) is 13.0 Å². The molecule has 4 heterocycles. The lowest BCUT2D eigenvalue weighted by atomic mass is 10.1. The molecular formula is C24H24F2N6. The molecule has 3 aromatic heterocycles. The van der Waals surface area contributed by atoms with Crippen molar-refractivity contribution in [3.8, 4) is 11.1 Å². The first-order chi connectivity index (χ1) is 15.6. The molecular weight excluding hydrogens is 410 g/mol. The van der Waals surface area contributed by atoms with Crippen LogP contribution in [0, 0.1) is 0 Å². The maximum absolute atomic E-state index is 13.0. The number of piperazine rings is 1. The number of halogens is 2. The predicted octanol–water partition coefficient (Wildman–Crippen LogP) is 3.95. The summed E-state index contributed by atoms with van der Waals surface area (Å²) in [5.74, 6) is 0.826. The second kappa shape index (κ2) is 9.10. The number of hydrogen-bond acceptors (Lipinski definition) is 5. The third kappa shape index (κ3) is 4.66. The van der Waals surface area contributed by atoms with Crippen molar-refractivity contribution in [2.75, 3.05) is 26.2 Å². The average Bonchev–Trinajstić information content (AvgIpc) is 3.21. The number of aromatic nitrogens is 4. The van der Waals surface area contributed by atoms with Gasteiger partial charge in [0.2, 0.25) is 0 Å². The van der Waals surface area contributed by atoms with Gasteiger partial charge >= 0.3 is 0 Å². The molecule has 8 heteroatoms. The maximum Gasteiger partial charge on any atom is 0.280 e. The third-order valence-corrected chi connectivity index (χ3v) is 5.71. The van der Waals surface area contributed by atoms with E-state index in [1.54, 1.807) is 6.07 Å². The van der Waals surface area contributed by atoms with Crippen LogP contribution in [0.3, 0.4) is 0 Å². The van der Waals surface area contributed by atoms with Crippen LogP contribution >= 0.6 is 0 Å². The van der Waals surface area contributed by atoms with E-state index in [-0.39, 0.29) is 5.69 Å². The Hall–Kier alpha value is -3.23. The van der Waals surface area contributed by atoms with Crippen LogP contribution in [0.4, 0.5) is 8.78 Å². The Kier molecular flexibility index (Phi) is 5.87. The smallest absolute Gasteiger partial charge is 0.280 e. The molecule has 0 spiro atoms. The number of nitrogens with one attached hydrogen (secondary N) is 2. The highest BCUT2D eigenvalue weighted by Crippen LogP contribution is 2.26. The SMILES string of the molecule is FC(F)c1cc(-c2ccc3nc(Cc4cc(CN5CCNCC5)ccn4)[nH]c3c2)ccn1. The number of pyridine rings is 2. The highest BCUT2D eigenvalue weighted by Gasteiger charge is 2.13. The number of aromatic amines is 1. The van der Waals surface area contributed by atoms with Crippen LogP contribution in [-0.4, -0.2) is 51.0 Å². The molecule has 0 bridgehead atoms. The van der Waals surface area contributed by atoms with Gasteiger partial charge in [-0.2, -0.15) is 0 Å². The molecule has 32 heavy (non-hydrogen) atoms. The van der Waals surface area contributed by atoms with Crippen molar-refractivity contribution in [1.29, 1.82) is 0 Å². The highest BCUT2D eigenvalue weighted by molar-refractivity contribution is 5.82. The summed E-state index contributed by atoms with van der Waals surface area (Å²) in [7, 11) is 0. The van der Waals surface area contributed by atoms with Gasteiger partial charge in [0, 0.05) is 57.2 Å². The summed E-state index contributed by atoms with van der Waals surface area (Å²) in [4.78, 5) is 18.7. The summed E-state index contributed by atoms with van der Waals surface area (Å²) < 4.78 is 26.0. The van der Waals surface area contributed by atoms with Crippen molar-refractivity contribution >= 4 is 11.0 Å². The number of imidazole rings is 1. The average molecular weight is 434 g/mol. The molecule has 1 aliphatic rings. The molecule has 1 aromatic carbocycles. The van der Waals surface area contributed by atoms with Gasteiger partial charge in [0.25, 0.3) is 6.43 Å². The number of nitrogens with zero attached hydrogens (tertiary/aromatic N) is 4. The number of hydrogen-bond donors (Lipinski definition) is 2. The lowest BCUT2D eigenvalue weighted by Gasteiger charge is -2.27. The minimum Gasteiger partial charge on any atom is -0.342 e. The number of benzene rings is 1. The molecule has 4 aromatic rings. The van der Waals surface area contributed by atoms with Gasteiger partial charge < -0.3 is 10.3 Å². The number of alkyl halides is 2. The fourth-order valence-electron chi connectivity index (χ4n) is 4.10. The molecule has 0 radical (unpaired) electrons. The summed E-state index contributed by atoms with van der Waals surface area (Å²) in [6.45, 7) is 5.09. The second-order valence-corrected chi connectivity index (χ2v) is 8.04. The Labute approximate surface area is 184 Å². The van der Waals surface area contributed by atoms with Crippen molar-refractivity contribution in [3.05, 3.63) is 77.6 Å². The largest absolute Gasteiger partial charge is 0.342 e. The number of rotatable bonds is 6. The van der Waals surface area contributed by atoms with Crippen molar-refractivity contribution in [3.63, 3.8) is 0 Å². The first-order valence-electron chi connectivity index (χ1n) is 10.7. The van der Waals surface area contributed by atoms with Crippen LogP contribution in [0.2, 0.25) is 0 Å². The molecule has 6 nitrogen and oxygen atoms in total. The van der Waals surface area contributed by atoms with E-state index in [2.05, 4.69) is 42.3 Å². The summed E-state index contributed by atoms with van der Waals surface area (Å²) in [6, 6.07) is 13.1. The molecule has 0 saturated carbocycles. The van der Waals surface area contributed by atoms with Gasteiger partial charge in [-0.05, 0) is 53.1 Å². The Balaban J connectivity index is 1.34. The topological polar surface area (TPSA) is 69.7 Å². The minimum atomic E-state index is -2.59. The van der Waals surface area contributed by atoms with Gasteiger partial charge in [0.15, 0.2) is 0 Å². The molecule has 1 aliphatic heterocycles. The van der Waals surface area contributed by atoms with Gasteiger partial charge in [-0.25, -0.2) is 13.8 Å². The maximum atomic E-state index is 13.0. The monoisotopic (exact) mass is 434 g/mol. The van der Waals surface area contributed by atoms with Gasteiger partial charge in [0.1, 0.15) is 11.5 Å². The third-order valence-electron chi connectivity index (χ3n) is 5.71. The van der Waals surface area contributed by atoms with E-state index in [4.69, 9.17) is 0 Å². The molecule has 0 aliphatic carbocycles. The number of H-pyrrole nitrogens is 1. The van der Waals surface area contributed by atoms with Crippen molar-refractivity contribution in [2.45, 2.75) is 19.4 Å². The van der Waals surface area contributed by atoms with E-state index < -0.39 is 6.43 Å². The first kappa shape index (κ1) is 20.7. The molecule has 0 atom stereocenters. The fraction of sp³-hybridized carbons (Fsp3) is 0.292. The molecule has 2 N–H and O–H groups in total. The van der Waals surface area contributed by atoms with Crippen LogP contribution in [0.25, 0.3) is 22.2 Å². The first-order valence-corrected chi connectivity index (χ1v) is 10.7. The standard InChI is InChI=1S/C24H24F2N6/c25-24(26)22-13-18(4-6-29-22)17-1-2-20-21(12-17)31-23(30-20)14-19-11-16(3-5-28-19)15-32-9-7-27-8-10-32/h1-6,11-13,24,27H,7-10,14-15H2,(H,30,31). The van der Waals surface area contributed by atoms with Gasteiger partial charge in [0.05, 0.1) is 11.0 Å². The molecule has 164 valence electrons. The lowest BCUT2D eigenvalue weighted by Crippen LogP contribution is -2.42. The molecule has 0 amide bonds. The van der Waals surface area contributed by atoms with E-state index in [1.807, 2.05) is 24.4 Å². The van der Waals surface area contributed by atoms with Gasteiger partial charge in [-0.15, -0.1) is 0 Å². The van der Waals surface area contributed by atoms with Gasteiger partial charge in [-0.1, -0.05) is 6.07 Å². The Morgan fingerprint density at radius 3 is 2.59 bits per heavy atom.